The minimum atomic E-state index is -0.515. The van der Waals surface area contributed by atoms with Gasteiger partial charge in [0.05, 0.1) is 11.1 Å². The van der Waals surface area contributed by atoms with E-state index >= 15 is 0 Å². The fourth-order valence-corrected chi connectivity index (χ4v) is 9.46. The monoisotopic (exact) mass is 700 g/mol. The molecule has 1 spiro atoms. The smallest absolute Gasteiger partial charge is 0.0726 e. The van der Waals surface area contributed by atoms with Crippen molar-refractivity contribution >= 4 is 44.9 Å². The van der Waals surface area contributed by atoms with Crippen LogP contribution in [0.5, 0.6) is 0 Å². The van der Waals surface area contributed by atoms with Gasteiger partial charge in [-0.05, 0) is 111 Å². The number of nitrogens with zero attached hydrogens (tertiary/aromatic N) is 2. The van der Waals surface area contributed by atoms with Gasteiger partial charge in [0.15, 0.2) is 0 Å². The predicted octanol–water partition coefficient (Wildman–Crippen LogP) is 14.1. The molecule has 2 nitrogen and oxygen atoms in total. The highest BCUT2D eigenvalue weighted by atomic mass is 15.2. The molecule has 0 fully saturated rings. The lowest BCUT2D eigenvalue weighted by Gasteiger charge is -2.33. The third-order valence-electron chi connectivity index (χ3n) is 11.6. The van der Waals surface area contributed by atoms with Crippen molar-refractivity contribution in [2.75, 3.05) is 9.80 Å². The lowest BCUT2D eigenvalue weighted by atomic mass is 9.70. The Labute approximate surface area is 321 Å². The molecule has 0 N–H and O–H groups in total. The average molecular weight is 701 g/mol. The van der Waals surface area contributed by atoms with Gasteiger partial charge in [-0.1, -0.05) is 152 Å². The molecule has 55 heavy (non-hydrogen) atoms. The van der Waals surface area contributed by atoms with Gasteiger partial charge in [-0.15, -0.1) is 0 Å². The molecule has 2 aliphatic carbocycles. The third-order valence-corrected chi connectivity index (χ3v) is 11.6. The first kappa shape index (κ1) is 31.4. The molecule has 2 aliphatic rings. The van der Waals surface area contributed by atoms with Gasteiger partial charge in [-0.3, -0.25) is 0 Å². The molecule has 0 aliphatic heterocycles. The van der Waals surface area contributed by atoms with Crippen LogP contribution in [0.15, 0.2) is 218 Å². The highest BCUT2D eigenvalue weighted by Crippen LogP contribution is 2.66. The van der Waals surface area contributed by atoms with Crippen LogP contribution in [0.3, 0.4) is 0 Å². The summed E-state index contributed by atoms with van der Waals surface area (Å²) in [6, 6.07) is 79.9. The molecule has 0 saturated heterocycles. The Balaban J connectivity index is 1.24. The van der Waals surface area contributed by atoms with Gasteiger partial charge in [0.2, 0.25) is 0 Å². The van der Waals surface area contributed by atoms with E-state index in [9.17, 15) is 0 Å². The molecule has 0 bridgehead atoms. The predicted molar refractivity (Wildman–Crippen MR) is 230 cm³/mol. The zero-order valence-electron chi connectivity index (χ0n) is 30.2. The fourth-order valence-electron chi connectivity index (χ4n) is 9.46. The number of benzene rings is 9. The summed E-state index contributed by atoms with van der Waals surface area (Å²) >= 11 is 0. The number of rotatable bonds is 6. The molecule has 0 aromatic heterocycles. The van der Waals surface area contributed by atoms with E-state index < -0.39 is 5.41 Å². The van der Waals surface area contributed by atoms with Crippen LogP contribution in [-0.4, -0.2) is 0 Å². The van der Waals surface area contributed by atoms with Crippen molar-refractivity contribution in [3.05, 3.63) is 241 Å². The number of hydrogen-bond acceptors (Lipinski definition) is 2. The Morgan fingerprint density at radius 3 is 1.35 bits per heavy atom. The molecular weight excluding hydrogens is 665 g/mol. The molecule has 0 heterocycles. The van der Waals surface area contributed by atoms with E-state index in [1.807, 2.05) is 0 Å². The Morgan fingerprint density at radius 2 is 0.745 bits per heavy atom. The highest BCUT2D eigenvalue weighted by Gasteiger charge is 2.53. The number of anilines is 6. The Hall–Kier alpha value is -7.16. The second-order valence-electron chi connectivity index (χ2n) is 14.5. The molecule has 9 aromatic carbocycles. The zero-order valence-corrected chi connectivity index (χ0v) is 30.2. The summed E-state index contributed by atoms with van der Waals surface area (Å²) in [5.74, 6) is 0. The van der Waals surface area contributed by atoms with Gasteiger partial charge in [0, 0.05) is 39.4 Å². The van der Waals surface area contributed by atoms with E-state index in [-0.39, 0.29) is 0 Å². The van der Waals surface area contributed by atoms with Crippen molar-refractivity contribution in [1.82, 2.24) is 0 Å². The SMILES string of the molecule is c1ccc(N(c2ccccc2)c2ccc3c(c2)-c2ccccc2C32c3ccccc3-c3c2cc2ccccc2c3N(c2ccccc2)c2ccccc2)cc1. The number of hydrogen-bond donors (Lipinski definition) is 0. The molecule has 11 rings (SSSR count). The number of fused-ring (bicyclic) bond motifs is 11. The van der Waals surface area contributed by atoms with Gasteiger partial charge in [-0.2, -0.15) is 0 Å². The maximum Gasteiger partial charge on any atom is 0.0726 e. The summed E-state index contributed by atoms with van der Waals surface area (Å²) in [6.07, 6.45) is 0. The number of para-hydroxylation sites is 4. The first-order valence-electron chi connectivity index (χ1n) is 19.0. The first-order chi connectivity index (χ1) is 27.3. The Morgan fingerprint density at radius 1 is 0.291 bits per heavy atom. The standard InChI is InChI=1S/C53H36N2/c1-5-20-38(21-6-1)54(39-22-7-2-8-23-39)42-33-34-49-46(36-42)44-29-15-17-31-47(44)53(49)48-32-18-16-30-45(48)51-50(53)35-37-19-13-14-28-43(37)52(51)55(40-24-9-3-10-25-40)41-26-11-4-12-27-41/h1-36H. The summed E-state index contributed by atoms with van der Waals surface area (Å²) < 4.78 is 0. The van der Waals surface area contributed by atoms with Gasteiger partial charge in [-0.25, -0.2) is 0 Å². The van der Waals surface area contributed by atoms with Crippen molar-refractivity contribution < 1.29 is 0 Å². The van der Waals surface area contributed by atoms with Crippen molar-refractivity contribution in [3.8, 4) is 22.3 Å². The molecule has 9 aromatic rings. The maximum absolute atomic E-state index is 2.49. The van der Waals surface area contributed by atoms with Crippen molar-refractivity contribution in [2.45, 2.75) is 5.41 Å². The molecule has 0 saturated carbocycles. The molecule has 258 valence electrons. The molecule has 2 heteroatoms. The van der Waals surface area contributed by atoms with Gasteiger partial charge in [0.25, 0.3) is 0 Å². The maximum atomic E-state index is 2.49. The second kappa shape index (κ2) is 12.5. The van der Waals surface area contributed by atoms with E-state index in [4.69, 9.17) is 0 Å². The van der Waals surface area contributed by atoms with E-state index in [1.165, 1.54) is 61.0 Å². The topological polar surface area (TPSA) is 6.48 Å². The molecule has 1 atom stereocenters. The third kappa shape index (κ3) is 4.62. The van der Waals surface area contributed by atoms with Crippen molar-refractivity contribution in [3.63, 3.8) is 0 Å². The molecule has 0 amide bonds. The summed E-state index contributed by atoms with van der Waals surface area (Å²) in [6.45, 7) is 0. The first-order valence-corrected chi connectivity index (χ1v) is 19.0. The van der Waals surface area contributed by atoms with Crippen molar-refractivity contribution in [2.24, 2.45) is 0 Å². The van der Waals surface area contributed by atoms with E-state index in [0.29, 0.717) is 0 Å². The molecule has 0 radical (unpaired) electrons. The molecular formula is C53H36N2. The largest absolute Gasteiger partial charge is 0.310 e. The highest BCUT2D eigenvalue weighted by molar-refractivity contribution is 6.12. The normalized spacial score (nSPS) is 14.6. The second-order valence-corrected chi connectivity index (χ2v) is 14.5. The minimum Gasteiger partial charge on any atom is -0.310 e. The summed E-state index contributed by atoms with van der Waals surface area (Å²) in [5, 5.41) is 2.45. The van der Waals surface area contributed by atoms with Crippen LogP contribution in [0.2, 0.25) is 0 Å². The minimum absolute atomic E-state index is 0.515. The Bertz CT molecular complexity index is 2790. The quantitative estimate of drug-likeness (QED) is 0.170. The van der Waals surface area contributed by atoms with Crippen LogP contribution in [0.4, 0.5) is 34.1 Å². The lowest BCUT2D eigenvalue weighted by molar-refractivity contribution is 0.795. The van der Waals surface area contributed by atoms with Crippen molar-refractivity contribution in [1.29, 1.82) is 0 Å². The van der Waals surface area contributed by atoms with Gasteiger partial charge in [0.1, 0.15) is 0 Å². The molecule has 1 unspecified atom stereocenters. The summed E-state index contributed by atoms with van der Waals surface area (Å²) in [7, 11) is 0. The lowest BCUT2D eigenvalue weighted by Crippen LogP contribution is -2.26. The Kier molecular flexibility index (Phi) is 7.11. The van der Waals surface area contributed by atoms with E-state index in [2.05, 4.69) is 228 Å². The van der Waals surface area contributed by atoms with E-state index in [1.54, 1.807) is 0 Å². The van der Waals surface area contributed by atoms with Crippen LogP contribution in [0.25, 0.3) is 33.0 Å². The van der Waals surface area contributed by atoms with Gasteiger partial charge >= 0.3 is 0 Å². The summed E-state index contributed by atoms with van der Waals surface area (Å²) in [4.78, 5) is 4.84. The van der Waals surface area contributed by atoms with Crippen LogP contribution >= 0.6 is 0 Å². The van der Waals surface area contributed by atoms with Crippen LogP contribution in [-0.2, 0) is 5.41 Å². The van der Waals surface area contributed by atoms with Crippen LogP contribution in [0, 0.1) is 0 Å². The van der Waals surface area contributed by atoms with E-state index in [0.717, 1.165) is 28.4 Å². The van der Waals surface area contributed by atoms with Crippen LogP contribution in [0.1, 0.15) is 22.3 Å². The van der Waals surface area contributed by atoms with Gasteiger partial charge < -0.3 is 9.80 Å². The summed E-state index contributed by atoms with van der Waals surface area (Å²) in [5.41, 5.74) is 16.7. The average Bonchev–Trinajstić information content (AvgIpc) is 3.72. The fraction of sp³-hybridized carbons (Fsp3) is 0.0189. The van der Waals surface area contributed by atoms with Crippen LogP contribution < -0.4 is 9.80 Å². The zero-order chi connectivity index (χ0) is 36.3.